The van der Waals surface area contributed by atoms with E-state index in [0.717, 1.165) is 24.8 Å². The number of sulfonamides is 1. The molecule has 4 nitrogen and oxygen atoms in total. The summed E-state index contributed by atoms with van der Waals surface area (Å²) in [7, 11) is -3.51. The minimum Gasteiger partial charge on any atom is -0.486 e. The number of benzene rings is 1. The van der Waals surface area contributed by atoms with E-state index in [1.165, 1.54) is 4.31 Å². The van der Waals surface area contributed by atoms with Crippen LogP contribution in [0.2, 0.25) is 0 Å². The monoisotopic (exact) mass is 327 g/mol. The molecule has 0 spiro atoms. The van der Waals surface area contributed by atoms with Gasteiger partial charge in [0.15, 0.2) is 5.05 Å². The molecule has 21 heavy (non-hydrogen) atoms. The lowest BCUT2D eigenvalue weighted by Crippen LogP contribution is -2.40. The summed E-state index contributed by atoms with van der Waals surface area (Å²) >= 11 is 5.22. The fourth-order valence-electron chi connectivity index (χ4n) is 2.53. The molecule has 0 aromatic heterocycles. The first kappa shape index (κ1) is 16.4. The molecule has 1 aromatic rings. The molecule has 6 heteroatoms. The molecule has 1 fully saturated rings. The van der Waals surface area contributed by atoms with Crippen molar-refractivity contribution in [1.82, 2.24) is 4.31 Å². The largest absolute Gasteiger partial charge is 0.486 e. The summed E-state index contributed by atoms with van der Waals surface area (Å²) in [4.78, 5) is 0.325. The highest BCUT2D eigenvalue weighted by molar-refractivity contribution is 7.89. The second kappa shape index (κ2) is 6.85. The highest BCUT2D eigenvalue weighted by atomic mass is 32.2. The second-order valence-corrected chi connectivity index (χ2v) is 7.32. The van der Waals surface area contributed by atoms with E-state index in [2.05, 4.69) is 0 Å². The van der Waals surface area contributed by atoms with Gasteiger partial charge in [0.1, 0.15) is 0 Å². The zero-order valence-corrected chi connectivity index (χ0v) is 14.0. The Bertz CT molecular complexity index is 596. The Morgan fingerprint density at radius 2 is 2.00 bits per heavy atom. The molecule has 0 aliphatic carbocycles. The molecule has 1 aliphatic heterocycles. The summed E-state index contributed by atoms with van der Waals surface area (Å²) in [5, 5.41) is 0.378. The molecule has 0 bridgehead atoms. The molecule has 1 aliphatic rings. The smallest absolute Gasteiger partial charge is 0.243 e. The quantitative estimate of drug-likeness (QED) is 0.780. The third kappa shape index (κ3) is 3.44. The summed E-state index contributed by atoms with van der Waals surface area (Å²) in [5.74, 6) is 0. The number of hydrogen-bond donors (Lipinski definition) is 0. The van der Waals surface area contributed by atoms with Crippen molar-refractivity contribution in [2.75, 3.05) is 13.2 Å². The summed E-state index contributed by atoms with van der Waals surface area (Å²) < 4.78 is 32.4. The second-order valence-electron chi connectivity index (χ2n) is 5.02. The van der Waals surface area contributed by atoms with Crippen LogP contribution in [-0.2, 0) is 21.2 Å². The van der Waals surface area contributed by atoms with Crippen LogP contribution in [0.25, 0.3) is 0 Å². The first-order chi connectivity index (χ1) is 10.0. The molecular weight excluding hydrogens is 306 g/mol. The molecule has 1 heterocycles. The molecule has 1 aromatic carbocycles. The summed E-state index contributed by atoms with van der Waals surface area (Å²) in [6.07, 6.45) is 2.43. The number of aryl methyl sites for hydroxylation is 1. The van der Waals surface area contributed by atoms with E-state index in [0.29, 0.717) is 23.1 Å². The number of nitrogens with zero attached hydrogens (tertiary/aromatic N) is 1. The third-order valence-electron chi connectivity index (χ3n) is 3.70. The van der Waals surface area contributed by atoms with E-state index in [9.17, 15) is 8.42 Å². The van der Waals surface area contributed by atoms with Crippen molar-refractivity contribution in [3.05, 3.63) is 29.8 Å². The Morgan fingerprint density at radius 1 is 1.33 bits per heavy atom. The fraction of sp³-hybridized carbons (Fsp3) is 0.533. The average molecular weight is 327 g/mol. The lowest BCUT2D eigenvalue weighted by molar-refractivity contribution is 0.300. The average Bonchev–Trinajstić information content (AvgIpc) is 2.98. The zero-order chi connectivity index (χ0) is 15.5. The Morgan fingerprint density at radius 3 is 2.57 bits per heavy atom. The number of ether oxygens (including phenoxy) is 1. The molecular formula is C15H21NO3S2. The van der Waals surface area contributed by atoms with Crippen molar-refractivity contribution in [2.45, 2.75) is 44.0 Å². The Labute approximate surface area is 132 Å². The predicted octanol–water partition coefficient (Wildman–Crippen LogP) is 2.77. The van der Waals surface area contributed by atoms with Crippen LogP contribution in [0.5, 0.6) is 0 Å². The van der Waals surface area contributed by atoms with Crippen molar-refractivity contribution in [3.63, 3.8) is 0 Å². The van der Waals surface area contributed by atoms with E-state index in [1.54, 1.807) is 12.1 Å². The molecule has 0 N–H and O–H groups in total. The van der Waals surface area contributed by atoms with Gasteiger partial charge in [0.2, 0.25) is 10.0 Å². The standard InChI is InChI=1S/C15H21NO3S2/c1-3-12-7-9-13(10-8-12)21(17,18)16-11-5-6-14(16)15(20)19-4-2/h7-10,14H,3-6,11H2,1-2H3/t14-/m0/s1. The predicted molar refractivity (Wildman–Crippen MR) is 87.0 cm³/mol. The normalized spacial score (nSPS) is 19.6. The first-order valence-electron chi connectivity index (χ1n) is 7.28. The van der Waals surface area contributed by atoms with E-state index < -0.39 is 10.0 Å². The maximum Gasteiger partial charge on any atom is 0.243 e. The summed E-state index contributed by atoms with van der Waals surface area (Å²) in [5.41, 5.74) is 1.12. The van der Waals surface area contributed by atoms with Gasteiger partial charge in [-0.3, -0.25) is 0 Å². The number of thiocarbonyl (C=S) groups is 1. The van der Waals surface area contributed by atoms with Crippen molar-refractivity contribution < 1.29 is 13.2 Å². The van der Waals surface area contributed by atoms with Crippen molar-refractivity contribution in [1.29, 1.82) is 0 Å². The van der Waals surface area contributed by atoms with Crippen molar-refractivity contribution in [2.24, 2.45) is 0 Å². The van der Waals surface area contributed by atoms with E-state index in [1.807, 2.05) is 26.0 Å². The van der Waals surface area contributed by atoms with Crippen LogP contribution in [-0.4, -0.2) is 37.0 Å². The van der Waals surface area contributed by atoms with Gasteiger partial charge < -0.3 is 4.74 Å². The highest BCUT2D eigenvalue weighted by Crippen LogP contribution is 2.27. The van der Waals surface area contributed by atoms with Crippen LogP contribution in [0.4, 0.5) is 0 Å². The van der Waals surface area contributed by atoms with E-state index in [-0.39, 0.29) is 6.04 Å². The minimum atomic E-state index is -3.51. The first-order valence-corrected chi connectivity index (χ1v) is 9.13. The van der Waals surface area contributed by atoms with Crippen LogP contribution < -0.4 is 0 Å². The maximum atomic E-state index is 12.8. The van der Waals surface area contributed by atoms with Gasteiger partial charge in [0.05, 0.1) is 17.5 Å². The molecule has 0 unspecified atom stereocenters. The molecule has 0 amide bonds. The zero-order valence-electron chi connectivity index (χ0n) is 12.4. The Kier molecular flexibility index (Phi) is 5.35. The SMILES string of the molecule is CCOC(=S)[C@@H]1CCCN1S(=O)(=O)c1ccc(CC)cc1. The lowest BCUT2D eigenvalue weighted by atomic mass is 10.2. The molecule has 2 rings (SSSR count). The van der Waals surface area contributed by atoms with Gasteiger partial charge in [-0.15, -0.1) is 0 Å². The third-order valence-corrected chi connectivity index (χ3v) is 6.01. The topological polar surface area (TPSA) is 46.6 Å². The van der Waals surface area contributed by atoms with E-state index in [4.69, 9.17) is 17.0 Å². The van der Waals surface area contributed by atoms with Crippen LogP contribution in [0.1, 0.15) is 32.3 Å². The van der Waals surface area contributed by atoms with Crippen LogP contribution >= 0.6 is 12.2 Å². The molecule has 1 atom stereocenters. The van der Waals surface area contributed by atoms with Crippen LogP contribution in [0.15, 0.2) is 29.2 Å². The molecule has 0 saturated carbocycles. The van der Waals surface area contributed by atoms with Crippen molar-refractivity contribution in [3.8, 4) is 0 Å². The summed E-state index contributed by atoms with van der Waals surface area (Å²) in [6.45, 7) is 4.86. The number of rotatable bonds is 5. The molecule has 116 valence electrons. The van der Waals surface area contributed by atoms with Gasteiger partial charge in [-0.2, -0.15) is 4.31 Å². The Balaban J connectivity index is 2.26. The van der Waals surface area contributed by atoms with Gasteiger partial charge in [-0.25, -0.2) is 8.42 Å². The van der Waals surface area contributed by atoms with Gasteiger partial charge in [-0.1, -0.05) is 19.1 Å². The van der Waals surface area contributed by atoms with Gasteiger partial charge >= 0.3 is 0 Å². The molecule has 0 radical (unpaired) electrons. The van der Waals surface area contributed by atoms with Gasteiger partial charge in [0, 0.05) is 6.54 Å². The van der Waals surface area contributed by atoms with Crippen LogP contribution in [0.3, 0.4) is 0 Å². The number of hydrogen-bond acceptors (Lipinski definition) is 4. The minimum absolute atomic E-state index is 0.323. The van der Waals surface area contributed by atoms with Crippen molar-refractivity contribution >= 4 is 27.3 Å². The van der Waals surface area contributed by atoms with Gasteiger partial charge in [-0.05, 0) is 56.1 Å². The fourth-order valence-corrected chi connectivity index (χ4v) is 4.62. The summed E-state index contributed by atoms with van der Waals surface area (Å²) in [6, 6.07) is 6.74. The van der Waals surface area contributed by atoms with Crippen LogP contribution in [0, 0.1) is 0 Å². The Hall–Kier alpha value is -0.980. The lowest BCUT2D eigenvalue weighted by Gasteiger charge is -2.24. The highest BCUT2D eigenvalue weighted by Gasteiger charge is 2.38. The maximum absolute atomic E-state index is 12.8. The molecule has 1 saturated heterocycles. The van der Waals surface area contributed by atoms with E-state index >= 15 is 0 Å². The van der Waals surface area contributed by atoms with Gasteiger partial charge in [0.25, 0.3) is 0 Å².